The van der Waals surface area contributed by atoms with Crippen LogP contribution < -0.4 is 5.73 Å². The van der Waals surface area contributed by atoms with Gasteiger partial charge in [-0.1, -0.05) is 37.0 Å². The van der Waals surface area contributed by atoms with Crippen LogP contribution in [0.15, 0.2) is 6.07 Å². The van der Waals surface area contributed by atoms with E-state index in [1.807, 2.05) is 13.8 Å². The van der Waals surface area contributed by atoms with Crippen LogP contribution in [0.3, 0.4) is 0 Å². The van der Waals surface area contributed by atoms with E-state index in [0.717, 1.165) is 0 Å². The summed E-state index contributed by atoms with van der Waals surface area (Å²) in [6.45, 7) is 4.04. The number of nitrogens with zero attached hydrogens (tertiary/aromatic N) is 1. The summed E-state index contributed by atoms with van der Waals surface area (Å²) in [5, 5.41) is 0.0446. The average molecular weight is 249 g/mol. The quantitative estimate of drug-likeness (QED) is 0.777. The number of halogens is 3. The topological polar surface area (TPSA) is 38.9 Å². The molecule has 1 aliphatic carbocycles. The summed E-state index contributed by atoms with van der Waals surface area (Å²) in [6, 6.07) is 1.33. The fourth-order valence-electron chi connectivity index (χ4n) is 1.95. The van der Waals surface area contributed by atoms with Gasteiger partial charge in [-0.3, -0.25) is 0 Å². The van der Waals surface area contributed by atoms with Crippen molar-refractivity contribution in [2.45, 2.75) is 25.8 Å². The molecule has 0 amide bonds. The number of rotatable bonds is 1. The van der Waals surface area contributed by atoms with E-state index in [2.05, 4.69) is 4.98 Å². The highest BCUT2D eigenvalue weighted by Gasteiger charge is 2.57. The van der Waals surface area contributed by atoms with Crippen LogP contribution in [0.4, 0.5) is 4.39 Å². The van der Waals surface area contributed by atoms with Gasteiger partial charge in [-0.05, 0) is 17.0 Å². The van der Waals surface area contributed by atoms with Crippen LogP contribution >= 0.6 is 23.2 Å². The predicted molar refractivity (Wildman–Crippen MR) is 58.7 cm³/mol. The van der Waals surface area contributed by atoms with Crippen LogP contribution in [0.5, 0.6) is 0 Å². The molecular formula is C10H11Cl2FN2. The Morgan fingerprint density at radius 1 is 1.40 bits per heavy atom. The van der Waals surface area contributed by atoms with E-state index >= 15 is 0 Å². The molecule has 1 aromatic heterocycles. The minimum absolute atomic E-state index is 0.00243. The largest absolute Gasteiger partial charge is 0.327 e. The molecular weight excluding hydrogens is 238 g/mol. The van der Waals surface area contributed by atoms with Gasteiger partial charge >= 0.3 is 0 Å². The van der Waals surface area contributed by atoms with Crippen LogP contribution in [-0.4, -0.2) is 11.0 Å². The Kier molecular flexibility index (Phi) is 2.45. The second-order valence-electron chi connectivity index (χ2n) is 4.47. The number of pyridine rings is 1. The van der Waals surface area contributed by atoms with Crippen molar-refractivity contribution in [2.75, 3.05) is 0 Å². The second-order valence-corrected chi connectivity index (χ2v) is 5.18. The Bertz CT molecular complexity index is 420. The van der Waals surface area contributed by atoms with Crippen LogP contribution in [0, 0.1) is 11.2 Å². The van der Waals surface area contributed by atoms with E-state index in [1.54, 1.807) is 0 Å². The summed E-state index contributed by atoms with van der Waals surface area (Å²) in [5.74, 6) is -0.491. The maximum absolute atomic E-state index is 13.2. The Morgan fingerprint density at radius 2 is 1.93 bits per heavy atom. The highest BCUT2D eigenvalue weighted by Crippen LogP contribution is 2.58. The van der Waals surface area contributed by atoms with E-state index in [1.165, 1.54) is 6.07 Å². The molecule has 1 fully saturated rings. The number of aromatic nitrogens is 1. The molecule has 5 heteroatoms. The molecule has 2 rings (SSSR count). The van der Waals surface area contributed by atoms with E-state index in [-0.39, 0.29) is 27.7 Å². The number of nitrogens with two attached hydrogens (primary N) is 1. The average Bonchev–Trinajstić information content (AvgIpc) is 2.60. The van der Waals surface area contributed by atoms with Crippen molar-refractivity contribution in [3.63, 3.8) is 0 Å². The molecule has 1 aliphatic rings. The van der Waals surface area contributed by atoms with Crippen molar-refractivity contribution in [2.24, 2.45) is 11.1 Å². The van der Waals surface area contributed by atoms with Gasteiger partial charge in [0, 0.05) is 12.0 Å². The van der Waals surface area contributed by atoms with Crippen molar-refractivity contribution < 1.29 is 4.39 Å². The summed E-state index contributed by atoms with van der Waals surface area (Å²) in [4.78, 5) is 3.73. The summed E-state index contributed by atoms with van der Waals surface area (Å²) < 4.78 is 13.2. The van der Waals surface area contributed by atoms with Gasteiger partial charge in [0.05, 0.1) is 0 Å². The molecule has 0 unspecified atom stereocenters. The molecule has 1 heterocycles. The van der Waals surface area contributed by atoms with Crippen LogP contribution in [0.2, 0.25) is 10.3 Å². The molecule has 2 atom stereocenters. The lowest BCUT2D eigenvalue weighted by atomic mass is 10.0. The third-order valence-corrected chi connectivity index (χ3v) is 3.73. The van der Waals surface area contributed by atoms with Gasteiger partial charge in [-0.15, -0.1) is 0 Å². The maximum atomic E-state index is 13.2. The standard InChI is InChI=1S/C10H11Cl2FN2/c1-10(2)6(7(10)14)4-3-5(13)9(12)15-8(4)11/h3,6-7H,14H2,1-2H3/t6-,7-/m0/s1. The third-order valence-electron chi connectivity index (χ3n) is 3.16. The summed E-state index contributed by atoms with van der Waals surface area (Å²) >= 11 is 11.4. The lowest BCUT2D eigenvalue weighted by Crippen LogP contribution is -2.06. The van der Waals surface area contributed by atoms with Gasteiger partial charge in [0.15, 0.2) is 11.0 Å². The van der Waals surface area contributed by atoms with Crippen LogP contribution in [0.25, 0.3) is 0 Å². The van der Waals surface area contributed by atoms with Gasteiger partial charge in [-0.25, -0.2) is 9.37 Å². The van der Waals surface area contributed by atoms with E-state index < -0.39 is 5.82 Å². The Labute approximate surface area is 97.6 Å². The molecule has 0 spiro atoms. The van der Waals surface area contributed by atoms with Gasteiger partial charge in [0.2, 0.25) is 0 Å². The molecule has 0 radical (unpaired) electrons. The zero-order chi connectivity index (χ0) is 11.4. The lowest BCUT2D eigenvalue weighted by Gasteiger charge is -2.05. The zero-order valence-corrected chi connectivity index (χ0v) is 9.90. The number of hydrogen-bond acceptors (Lipinski definition) is 2. The molecule has 15 heavy (non-hydrogen) atoms. The summed E-state index contributed by atoms with van der Waals surface area (Å²) in [5.41, 5.74) is 6.49. The molecule has 0 saturated heterocycles. The van der Waals surface area contributed by atoms with E-state index in [4.69, 9.17) is 28.9 Å². The Hall–Kier alpha value is -0.380. The van der Waals surface area contributed by atoms with E-state index in [9.17, 15) is 4.39 Å². The maximum Gasteiger partial charge on any atom is 0.166 e. The number of hydrogen-bond donors (Lipinski definition) is 1. The zero-order valence-electron chi connectivity index (χ0n) is 8.39. The van der Waals surface area contributed by atoms with Crippen molar-refractivity contribution >= 4 is 23.2 Å². The fourth-order valence-corrected chi connectivity index (χ4v) is 2.39. The third kappa shape index (κ3) is 1.63. The highest BCUT2D eigenvalue weighted by atomic mass is 35.5. The predicted octanol–water partition coefficient (Wildman–Crippen LogP) is 2.98. The molecule has 82 valence electrons. The molecule has 0 aliphatic heterocycles. The minimum Gasteiger partial charge on any atom is -0.327 e. The summed E-state index contributed by atoms with van der Waals surface area (Å²) in [7, 11) is 0. The summed E-state index contributed by atoms with van der Waals surface area (Å²) in [6.07, 6.45) is 0. The normalized spacial score (nSPS) is 27.9. The van der Waals surface area contributed by atoms with E-state index in [0.29, 0.717) is 5.56 Å². The van der Waals surface area contributed by atoms with Gasteiger partial charge in [0.25, 0.3) is 0 Å². The molecule has 1 saturated carbocycles. The van der Waals surface area contributed by atoms with Gasteiger partial charge in [0.1, 0.15) is 5.15 Å². The molecule has 2 N–H and O–H groups in total. The first-order valence-corrected chi connectivity index (χ1v) is 5.38. The van der Waals surface area contributed by atoms with Gasteiger partial charge in [-0.2, -0.15) is 0 Å². The van der Waals surface area contributed by atoms with Gasteiger partial charge < -0.3 is 5.73 Å². The monoisotopic (exact) mass is 248 g/mol. The van der Waals surface area contributed by atoms with Crippen LogP contribution in [-0.2, 0) is 0 Å². The first kappa shape index (κ1) is 11.1. The Morgan fingerprint density at radius 3 is 2.40 bits per heavy atom. The Balaban J connectivity index is 2.43. The van der Waals surface area contributed by atoms with Crippen molar-refractivity contribution in [1.82, 2.24) is 4.98 Å². The van der Waals surface area contributed by atoms with Crippen molar-refractivity contribution in [1.29, 1.82) is 0 Å². The fraction of sp³-hybridized carbons (Fsp3) is 0.500. The highest BCUT2D eigenvalue weighted by molar-refractivity contribution is 6.33. The molecule has 1 aromatic rings. The lowest BCUT2D eigenvalue weighted by molar-refractivity contribution is 0.592. The first-order chi connectivity index (χ1) is 6.85. The minimum atomic E-state index is -0.550. The molecule has 0 bridgehead atoms. The smallest absolute Gasteiger partial charge is 0.166 e. The molecule has 2 nitrogen and oxygen atoms in total. The van der Waals surface area contributed by atoms with Crippen LogP contribution in [0.1, 0.15) is 25.3 Å². The second kappa shape index (κ2) is 3.30. The van der Waals surface area contributed by atoms with Crippen molar-refractivity contribution in [3.8, 4) is 0 Å². The molecule has 0 aromatic carbocycles. The SMILES string of the molecule is CC1(C)[C@@H](N)[C@@H]1c1cc(F)c(Cl)nc1Cl. The van der Waals surface area contributed by atoms with Crippen molar-refractivity contribution in [3.05, 3.63) is 27.8 Å². The first-order valence-electron chi connectivity index (χ1n) is 4.62.